The molecule has 1 fully saturated rings. The molecule has 162 valence electrons. The van der Waals surface area contributed by atoms with E-state index in [1.807, 2.05) is 31.2 Å². The molecule has 6 nitrogen and oxygen atoms in total. The molecule has 0 saturated carbocycles. The monoisotopic (exact) mass is 448 g/mol. The molecule has 10 heteroatoms. The quantitative estimate of drug-likeness (QED) is 0.527. The van der Waals surface area contributed by atoms with Crippen LogP contribution in [-0.2, 0) is 15.8 Å². The number of amides is 2. The molecule has 2 aromatic rings. The fourth-order valence-electron chi connectivity index (χ4n) is 2.71. The number of anilines is 1. The maximum atomic E-state index is 12.8. The lowest BCUT2D eigenvalue weighted by Gasteiger charge is -2.10. The minimum Gasteiger partial charge on any atom is -0.326 e. The zero-order chi connectivity index (χ0) is 22.6. The van der Waals surface area contributed by atoms with E-state index < -0.39 is 28.8 Å². The van der Waals surface area contributed by atoms with Crippen LogP contribution in [0, 0.1) is 6.92 Å². The molecule has 1 aliphatic heterocycles. The number of aryl methyl sites for hydroxylation is 1. The highest BCUT2D eigenvalue weighted by atomic mass is 32.2. The van der Waals surface area contributed by atoms with Gasteiger partial charge in [0, 0.05) is 12.1 Å². The van der Waals surface area contributed by atoms with E-state index in [4.69, 9.17) is 0 Å². The van der Waals surface area contributed by atoms with Crippen LogP contribution in [0.2, 0.25) is 0 Å². The van der Waals surface area contributed by atoms with Gasteiger partial charge in [-0.15, -0.1) is 5.10 Å². The molecule has 1 aliphatic rings. The Morgan fingerprint density at radius 1 is 1.19 bits per heavy atom. The average molecular weight is 448 g/mol. The van der Waals surface area contributed by atoms with Gasteiger partial charge in [-0.05, 0) is 37.6 Å². The fraction of sp³-hybridized carbons (Fsp3) is 0.238. The molecule has 31 heavy (non-hydrogen) atoms. The molecule has 0 bridgehead atoms. The first kappa shape index (κ1) is 22.5. The molecule has 0 radical (unpaired) electrons. The van der Waals surface area contributed by atoms with Crippen molar-refractivity contribution < 1.29 is 22.8 Å². The van der Waals surface area contributed by atoms with E-state index in [1.54, 1.807) is 6.92 Å². The number of nitrogens with zero attached hydrogens (tertiary/aromatic N) is 2. The van der Waals surface area contributed by atoms with Crippen LogP contribution in [0.4, 0.5) is 18.9 Å². The number of hydrogen-bond acceptors (Lipinski definition) is 5. The maximum absolute atomic E-state index is 12.8. The van der Waals surface area contributed by atoms with Gasteiger partial charge in [0.25, 0.3) is 0 Å². The third-order valence-electron chi connectivity index (χ3n) is 4.38. The normalized spacial score (nSPS) is 18.2. The van der Waals surface area contributed by atoms with Gasteiger partial charge in [0.1, 0.15) is 5.25 Å². The lowest BCUT2D eigenvalue weighted by Crippen LogP contribution is -2.28. The second-order valence-corrected chi connectivity index (χ2v) is 8.07. The van der Waals surface area contributed by atoms with Gasteiger partial charge in [-0.25, -0.2) is 0 Å². The van der Waals surface area contributed by atoms with Gasteiger partial charge in [0.15, 0.2) is 5.17 Å². The Hall–Kier alpha value is -3.14. The van der Waals surface area contributed by atoms with Crippen LogP contribution >= 0.6 is 11.8 Å². The first-order valence-electron chi connectivity index (χ1n) is 9.26. The van der Waals surface area contributed by atoms with Crippen LogP contribution in [0.25, 0.3) is 0 Å². The van der Waals surface area contributed by atoms with E-state index in [2.05, 4.69) is 20.8 Å². The summed E-state index contributed by atoms with van der Waals surface area (Å²) in [6.45, 7) is 3.76. The van der Waals surface area contributed by atoms with E-state index in [0.29, 0.717) is 5.71 Å². The Balaban J connectivity index is 1.60. The molecule has 1 atom stereocenters. The van der Waals surface area contributed by atoms with Gasteiger partial charge in [0.05, 0.1) is 11.3 Å². The summed E-state index contributed by atoms with van der Waals surface area (Å²) in [6.07, 6.45) is -4.73. The van der Waals surface area contributed by atoms with E-state index in [-0.39, 0.29) is 17.3 Å². The Labute approximate surface area is 181 Å². The number of rotatable bonds is 5. The van der Waals surface area contributed by atoms with Crippen molar-refractivity contribution in [2.24, 2.45) is 10.2 Å². The van der Waals surface area contributed by atoms with Crippen molar-refractivity contribution in [2.45, 2.75) is 31.7 Å². The molecule has 0 aliphatic carbocycles. The summed E-state index contributed by atoms with van der Waals surface area (Å²) >= 11 is 1.05. The zero-order valence-electron chi connectivity index (χ0n) is 16.7. The van der Waals surface area contributed by atoms with Crippen molar-refractivity contribution in [1.82, 2.24) is 5.32 Å². The van der Waals surface area contributed by atoms with Crippen molar-refractivity contribution in [3.63, 3.8) is 0 Å². The Kier molecular flexibility index (Phi) is 6.79. The summed E-state index contributed by atoms with van der Waals surface area (Å²) in [5.41, 5.74) is 1.81. The molecule has 3 rings (SSSR count). The third-order valence-corrected chi connectivity index (χ3v) is 5.45. The molecule has 1 saturated heterocycles. The summed E-state index contributed by atoms with van der Waals surface area (Å²) in [5.74, 6) is -0.987. The van der Waals surface area contributed by atoms with Gasteiger partial charge in [-0.1, -0.05) is 47.7 Å². The van der Waals surface area contributed by atoms with Crippen LogP contribution < -0.4 is 10.6 Å². The summed E-state index contributed by atoms with van der Waals surface area (Å²) in [6, 6.07) is 12.0. The SMILES string of the molecule is C/C(=N/N=C1\NC(=O)[C@H](CC(=O)Nc2cccc(C(F)(F)F)c2)S1)c1ccc(C)cc1. The zero-order valence-corrected chi connectivity index (χ0v) is 17.5. The largest absolute Gasteiger partial charge is 0.416 e. The Morgan fingerprint density at radius 2 is 1.90 bits per heavy atom. The predicted molar refractivity (Wildman–Crippen MR) is 115 cm³/mol. The number of benzene rings is 2. The Bertz CT molecular complexity index is 1050. The molecule has 0 spiro atoms. The van der Waals surface area contributed by atoms with Gasteiger partial charge in [-0.3, -0.25) is 9.59 Å². The van der Waals surface area contributed by atoms with E-state index in [9.17, 15) is 22.8 Å². The van der Waals surface area contributed by atoms with Crippen LogP contribution in [-0.4, -0.2) is 27.9 Å². The number of alkyl halides is 3. The number of nitrogens with one attached hydrogen (secondary N) is 2. The summed E-state index contributed by atoms with van der Waals surface area (Å²) in [7, 11) is 0. The van der Waals surface area contributed by atoms with Gasteiger partial charge in [-0.2, -0.15) is 18.3 Å². The molecular formula is C21H19F3N4O2S. The highest BCUT2D eigenvalue weighted by Crippen LogP contribution is 2.31. The molecule has 2 amide bonds. The van der Waals surface area contributed by atoms with Gasteiger partial charge >= 0.3 is 6.18 Å². The van der Waals surface area contributed by atoms with E-state index in [0.717, 1.165) is 35.0 Å². The minimum atomic E-state index is -4.51. The fourth-order valence-corrected chi connectivity index (χ4v) is 3.63. The van der Waals surface area contributed by atoms with Crippen molar-refractivity contribution in [3.05, 3.63) is 65.2 Å². The van der Waals surface area contributed by atoms with Crippen LogP contribution in [0.1, 0.15) is 30.0 Å². The average Bonchev–Trinajstić information content (AvgIpc) is 3.05. The number of hydrogen-bond donors (Lipinski definition) is 2. The Morgan fingerprint density at radius 3 is 2.58 bits per heavy atom. The third kappa shape index (κ3) is 6.17. The highest BCUT2D eigenvalue weighted by Gasteiger charge is 2.33. The second-order valence-electron chi connectivity index (χ2n) is 6.88. The van der Waals surface area contributed by atoms with Crippen molar-refractivity contribution >= 4 is 40.1 Å². The number of amidine groups is 1. The number of carbonyl (C=O) groups excluding carboxylic acids is 2. The van der Waals surface area contributed by atoms with E-state index >= 15 is 0 Å². The van der Waals surface area contributed by atoms with Crippen LogP contribution in [0.15, 0.2) is 58.7 Å². The lowest BCUT2D eigenvalue weighted by atomic mass is 10.1. The smallest absolute Gasteiger partial charge is 0.326 e. The first-order chi connectivity index (χ1) is 14.6. The second kappa shape index (κ2) is 9.34. The van der Waals surface area contributed by atoms with Gasteiger partial charge in [0.2, 0.25) is 11.8 Å². The molecule has 0 unspecified atom stereocenters. The minimum absolute atomic E-state index is 0.00967. The van der Waals surface area contributed by atoms with Gasteiger partial charge < -0.3 is 10.6 Å². The summed E-state index contributed by atoms with van der Waals surface area (Å²) in [5, 5.41) is 12.6. The summed E-state index contributed by atoms with van der Waals surface area (Å²) < 4.78 is 38.4. The number of thioether (sulfide) groups is 1. The van der Waals surface area contributed by atoms with Crippen molar-refractivity contribution in [3.8, 4) is 0 Å². The van der Waals surface area contributed by atoms with E-state index in [1.165, 1.54) is 12.1 Å². The standard InChI is InChI=1S/C21H19F3N4O2S/c1-12-6-8-14(9-7-12)13(2)27-28-20-26-19(30)17(31-20)11-18(29)25-16-5-3-4-15(10-16)21(22,23)24/h3-10,17H,11H2,1-2H3,(H,25,29)(H,26,28,30)/b27-13-/t17-/m0/s1. The molecule has 0 aromatic heterocycles. The predicted octanol–water partition coefficient (Wildman–Crippen LogP) is 4.35. The van der Waals surface area contributed by atoms with Crippen molar-refractivity contribution in [2.75, 3.05) is 5.32 Å². The maximum Gasteiger partial charge on any atom is 0.416 e. The van der Waals surface area contributed by atoms with Crippen LogP contribution in [0.3, 0.4) is 0 Å². The number of carbonyl (C=O) groups is 2. The topological polar surface area (TPSA) is 82.9 Å². The lowest BCUT2D eigenvalue weighted by molar-refractivity contribution is -0.137. The summed E-state index contributed by atoms with van der Waals surface area (Å²) in [4.78, 5) is 24.3. The molecule has 1 heterocycles. The number of halogens is 3. The molecule has 2 aromatic carbocycles. The van der Waals surface area contributed by atoms with Crippen molar-refractivity contribution in [1.29, 1.82) is 0 Å². The first-order valence-corrected chi connectivity index (χ1v) is 10.1. The molecular weight excluding hydrogens is 429 g/mol. The highest BCUT2D eigenvalue weighted by molar-refractivity contribution is 8.15. The molecule has 2 N–H and O–H groups in total. The van der Waals surface area contributed by atoms with Crippen LogP contribution in [0.5, 0.6) is 0 Å².